The number of benzene rings is 2. The van der Waals surface area contributed by atoms with E-state index in [0.717, 1.165) is 18.2 Å². The maximum Gasteiger partial charge on any atom is 0.416 e. The van der Waals surface area contributed by atoms with Crippen molar-refractivity contribution in [3.63, 3.8) is 0 Å². The molecule has 2 aromatic rings. The van der Waals surface area contributed by atoms with Crippen molar-refractivity contribution in [1.82, 2.24) is 4.72 Å². The number of hydrogen-bond donors (Lipinski definition) is 2. The van der Waals surface area contributed by atoms with Crippen LogP contribution in [0.15, 0.2) is 53.4 Å². The van der Waals surface area contributed by atoms with Crippen LogP contribution >= 0.6 is 0 Å². The van der Waals surface area contributed by atoms with Crippen molar-refractivity contribution in [2.75, 3.05) is 11.9 Å². The second-order valence-corrected chi connectivity index (χ2v) is 8.50. The van der Waals surface area contributed by atoms with Gasteiger partial charge in [-0.15, -0.1) is 0 Å². The molecule has 1 amide bonds. The SMILES string of the molecule is CCOc1ccccc1NC(=O)[C@@H](NS(=O)(=O)c1cccc(C(F)(F)F)c1)C(C)C. The highest BCUT2D eigenvalue weighted by Gasteiger charge is 2.33. The Morgan fingerprint density at radius 1 is 1.10 bits per heavy atom. The molecule has 0 saturated carbocycles. The molecule has 2 aromatic carbocycles. The quantitative estimate of drug-likeness (QED) is 0.644. The average molecular weight is 444 g/mol. The zero-order valence-electron chi connectivity index (χ0n) is 16.7. The van der Waals surface area contributed by atoms with Gasteiger partial charge >= 0.3 is 6.18 Å². The summed E-state index contributed by atoms with van der Waals surface area (Å²) in [5.74, 6) is -0.728. The van der Waals surface area contributed by atoms with Crippen LogP contribution in [0.1, 0.15) is 26.3 Å². The molecule has 0 unspecified atom stereocenters. The topological polar surface area (TPSA) is 84.5 Å². The number of amides is 1. The molecule has 0 aliphatic carbocycles. The number of nitrogens with one attached hydrogen (secondary N) is 2. The van der Waals surface area contributed by atoms with Crippen molar-refractivity contribution in [3.8, 4) is 5.75 Å². The predicted octanol–water partition coefficient (Wildman–Crippen LogP) is 4.05. The Balaban J connectivity index is 2.28. The molecule has 2 N–H and O–H groups in total. The fraction of sp³-hybridized carbons (Fsp3) is 0.350. The summed E-state index contributed by atoms with van der Waals surface area (Å²) in [7, 11) is -4.39. The first kappa shape index (κ1) is 23.7. The Kier molecular flexibility index (Phi) is 7.49. The minimum Gasteiger partial charge on any atom is -0.492 e. The van der Waals surface area contributed by atoms with Gasteiger partial charge in [-0.3, -0.25) is 4.79 Å². The van der Waals surface area contributed by atoms with E-state index < -0.39 is 44.5 Å². The van der Waals surface area contributed by atoms with Gasteiger partial charge in [0.05, 0.1) is 22.8 Å². The van der Waals surface area contributed by atoms with E-state index >= 15 is 0 Å². The molecule has 0 spiro atoms. The summed E-state index contributed by atoms with van der Waals surface area (Å²) in [5, 5.41) is 2.62. The molecule has 0 aliphatic heterocycles. The monoisotopic (exact) mass is 444 g/mol. The van der Waals surface area contributed by atoms with E-state index in [0.29, 0.717) is 24.1 Å². The van der Waals surface area contributed by atoms with Gasteiger partial charge in [-0.1, -0.05) is 32.0 Å². The molecule has 0 aromatic heterocycles. The molecule has 1 atom stereocenters. The lowest BCUT2D eigenvalue weighted by molar-refractivity contribution is -0.137. The van der Waals surface area contributed by atoms with Crippen molar-refractivity contribution in [1.29, 1.82) is 0 Å². The van der Waals surface area contributed by atoms with Crippen molar-refractivity contribution < 1.29 is 31.1 Å². The first-order valence-corrected chi connectivity index (χ1v) is 10.7. The van der Waals surface area contributed by atoms with E-state index in [1.165, 1.54) is 0 Å². The van der Waals surface area contributed by atoms with Crippen molar-refractivity contribution >= 4 is 21.6 Å². The second-order valence-electron chi connectivity index (χ2n) is 6.79. The number of hydrogen-bond acceptors (Lipinski definition) is 4. The second kappa shape index (κ2) is 9.48. The van der Waals surface area contributed by atoms with Gasteiger partial charge in [-0.25, -0.2) is 8.42 Å². The molecular weight excluding hydrogens is 421 g/mol. The predicted molar refractivity (Wildman–Crippen MR) is 107 cm³/mol. The molecule has 0 aliphatic rings. The molecule has 0 bridgehead atoms. The number of alkyl halides is 3. The molecule has 164 valence electrons. The van der Waals surface area contributed by atoms with Crippen molar-refractivity contribution in [3.05, 3.63) is 54.1 Å². The zero-order chi connectivity index (χ0) is 22.5. The van der Waals surface area contributed by atoms with Gasteiger partial charge in [0.15, 0.2) is 0 Å². The minimum atomic E-state index is -4.69. The zero-order valence-corrected chi connectivity index (χ0v) is 17.5. The van der Waals surface area contributed by atoms with Gasteiger partial charge in [-0.2, -0.15) is 17.9 Å². The number of halogens is 3. The van der Waals surface area contributed by atoms with E-state index in [-0.39, 0.29) is 0 Å². The van der Waals surface area contributed by atoms with Gasteiger partial charge < -0.3 is 10.1 Å². The molecule has 30 heavy (non-hydrogen) atoms. The molecule has 6 nitrogen and oxygen atoms in total. The number of carbonyl (C=O) groups is 1. The number of para-hydroxylation sites is 2. The normalized spacial score (nSPS) is 13.2. The Morgan fingerprint density at radius 2 is 1.77 bits per heavy atom. The fourth-order valence-corrected chi connectivity index (χ4v) is 4.02. The summed E-state index contributed by atoms with van der Waals surface area (Å²) >= 11 is 0. The van der Waals surface area contributed by atoms with Crippen LogP contribution in [-0.2, 0) is 21.0 Å². The summed E-state index contributed by atoms with van der Waals surface area (Å²) in [4.78, 5) is 12.2. The minimum absolute atomic E-state index is 0.355. The fourth-order valence-electron chi connectivity index (χ4n) is 2.63. The summed E-state index contributed by atoms with van der Waals surface area (Å²) in [5.41, 5.74) is -0.741. The van der Waals surface area contributed by atoms with Crippen LogP contribution < -0.4 is 14.8 Å². The van der Waals surface area contributed by atoms with Crippen molar-refractivity contribution in [2.24, 2.45) is 5.92 Å². The van der Waals surface area contributed by atoms with Gasteiger partial charge in [-0.05, 0) is 43.2 Å². The highest BCUT2D eigenvalue weighted by atomic mass is 32.2. The highest BCUT2D eigenvalue weighted by Crippen LogP contribution is 2.30. The third-order valence-corrected chi connectivity index (χ3v) is 5.59. The number of carbonyl (C=O) groups excluding carboxylic acids is 1. The van der Waals surface area contributed by atoms with Crippen LogP contribution in [0.4, 0.5) is 18.9 Å². The van der Waals surface area contributed by atoms with Crippen LogP contribution in [0, 0.1) is 5.92 Å². The van der Waals surface area contributed by atoms with Gasteiger partial charge in [0, 0.05) is 0 Å². The maximum absolute atomic E-state index is 12.9. The molecule has 0 saturated heterocycles. The lowest BCUT2D eigenvalue weighted by Crippen LogP contribution is -2.47. The van der Waals surface area contributed by atoms with E-state index in [9.17, 15) is 26.4 Å². The Bertz CT molecular complexity index is 992. The van der Waals surface area contributed by atoms with Gasteiger partial charge in [0.2, 0.25) is 15.9 Å². The van der Waals surface area contributed by atoms with Crippen LogP contribution in [0.2, 0.25) is 0 Å². The highest BCUT2D eigenvalue weighted by molar-refractivity contribution is 7.89. The molecule has 0 heterocycles. The van der Waals surface area contributed by atoms with E-state index in [4.69, 9.17) is 4.74 Å². The number of anilines is 1. The average Bonchev–Trinajstić information content (AvgIpc) is 2.67. The smallest absolute Gasteiger partial charge is 0.416 e. The third kappa shape index (κ3) is 5.96. The summed E-state index contributed by atoms with van der Waals surface area (Å²) in [6.45, 7) is 5.38. The Labute approximate surface area is 173 Å². The maximum atomic E-state index is 12.9. The largest absolute Gasteiger partial charge is 0.492 e. The Hall–Kier alpha value is -2.59. The lowest BCUT2D eigenvalue weighted by atomic mass is 10.0. The first-order valence-electron chi connectivity index (χ1n) is 9.18. The first-order chi connectivity index (χ1) is 14.0. The van der Waals surface area contributed by atoms with Crippen LogP contribution in [0.5, 0.6) is 5.75 Å². The summed E-state index contributed by atoms with van der Waals surface area (Å²) in [6, 6.07) is 8.76. The molecule has 2 rings (SSSR count). The van der Waals surface area contributed by atoms with E-state index in [2.05, 4.69) is 10.0 Å². The number of rotatable bonds is 8. The standard InChI is InChI=1S/C20H23F3N2O4S/c1-4-29-17-11-6-5-10-16(17)24-19(26)18(13(2)3)25-30(27,28)15-9-7-8-14(12-15)20(21,22)23/h5-13,18,25H,4H2,1-3H3,(H,24,26)/t18-/m0/s1. The van der Waals surface area contributed by atoms with E-state index in [1.54, 1.807) is 45.0 Å². The number of ether oxygens (including phenoxy) is 1. The Morgan fingerprint density at radius 3 is 2.37 bits per heavy atom. The van der Waals surface area contributed by atoms with Crippen LogP contribution in [0.3, 0.4) is 0 Å². The van der Waals surface area contributed by atoms with E-state index in [1.807, 2.05) is 0 Å². The number of sulfonamides is 1. The summed E-state index contributed by atoms with van der Waals surface area (Å²) in [6.07, 6.45) is -4.69. The molecule has 0 radical (unpaired) electrons. The van der Waals surface area contributed by atoms with Crippen molar-refractivity contribution in [2.45, 2.75) is 37.9 Å². The molecule has 0 fully saturated rings. The van der Waals surface area contributed by atoms with Crippen LogP contribution in [0.25, 0.3) is 0 Å². The van der Waals surface area contributed by atoms with Gasteiger partial charge in [0.1, 0.15) is 11.8 Å². The lowest BCUT2D eigenvalue weighted by Gasteiger charge is -2.22. The van der Waals surface area contributed by atoms with Gasteiger partial charge in [0.25, 0.3) is 0 Å². The summed E-state index contributed by atoms with van der Waals surface area (Å²) < 4.78 is 71.8. The van der Waals surface area contributed by atoms with Crippen LogP contribution in [-0.4, -0.2) is 27.0 Å². The molecular formula is C20H23F3N2O4S. The molecule has 10 heteroatoms. The third-order valence-electron chi connectivity index (χ3n) is 4.15.